The Bertz CT molecular complexity index is 610. The number of thioether (sulfide) groups is 1. The van der Waals surface area contributed by atoms with Crippen LogP contribution in [0, 0.1) is 13.8 Å². The fraction of sp³-hybridized carbons (Fsp3) is 0.357. The van der Waals surface area contributed by atoms with Crippen LogP contribution in [0.15, 0.2) is 22.5 Å². The monoisotopic (exact) mass is 307 g/mol. The summed E-state index contributed by atoms with van der Waals surface area (Å²) in [6, 6.07) is 6.14. The summed E-state index contributed by atoms with van der Waals surface area (Å²) in [6.07, 6.45) is 0.364. The first kappa shape index (κ1) is 15.0. The van der Waals surface area contributed by atoms with Crippen molar-refractivity contribution in [1.82, 2.24) is 10.2 Å². The molecule has 6 heteroatoms. The largest absolute Gasteiger partial charge is 0.300 e. The number of aryl methyl sites for hydroxylation is 2. The van der Waals surface area contributed by atoms with Gasteiger partial charge in [0.2, 0.25) is 11.0 Å². The molecule has 0 atom stereocenters. The summed E-state index contributed by atoms with van der Waals surface area (Å²) in [4.78, 5) is 12.0. The predicted molar refractivity (Wildman–Crippen MR) is 84.6 cm³/mol. The molecule has 1 amide bonds. The van der Waals surface area contributed by atoms with Gasteiger partial charge in [-0.2, -0.15) is 0 Å². The van der Waals surface area contributed by atoms with Gasteiger partial charge in [0.1, 0.15) is 0 Å². The van der Waals surface area contributed by atoms with Crippen molar-refractivity contribution in [2.75, 3.05) is 11.1 Å². The Labute approximate surface area is 127 Å². The summed E-state index contributed by atoms with van der Waals surface area (Å²) >= 11 is 3.04. The summed E-state index contributed by atoms with van der Waals surface area (Å²) in [6.45, 7) is 6.10. The number of benzene rings is 1. The summed E-state index contributed by atoms with van der Waals surface area (Å²) in [5.74, 6) is 0.897. The fourth-order valence-electron chi connectivity index (χ4n) is 1.77. The second-order valence-corrected chi connectivity index (χ2v) is 6.95. The Balaban J connectivity index is 1.99. The summed E-state index contributed by atoms with van der Waals surface area (Å²) in [5.41, 5.74) is 3.34. The molecule has 1 aromatic carbocycles. The maximum atomic E-state index is 12.0. The highest BCUT2D eigenvalue weighted by atomic mass is 32.2. The van der Waals surface area contributed by atoms with Crippen LogP contribution in [0.2, 0.25) is 0 Å². The molecule has 1 aromatic heterocycles. The first-order chi connectivity index (χ1) is 9.58. The highest BCUT2D eigenvalue weighted by Gasteiger charge is 2.10. The van der Waals surface area contributed by atoms with Crippen LogP contribution < -0.4 is 5.32 Å². The maximum Gasteiger partial charge on any atom is 0.230 e. The van der Waals surface area contributed by atoms with Crippen molar-refractivity contribution in [3.63, 3.8) is 0 Å². The molecule has 0 unspecified atom stereocenters. The predicted octanol–water partition coefficient (Wildman–Crippen LogP) is 3.45. The van der Waals surface area contributed by atoms with Gasteiger partial charge in [-0.3, -0.25) is 4.79 Å². The van der Waals surface area contributed by atoms with Gasteiger partial charge in [0.05, 0.1) is 6.42 Å². The molecule has 2 aromatic rings. The van der Waals surface area contributed by atoms with E-state index in [2.05, 4.69) is 28.5 Å². The Morgan fingerprint density at radius 2 is 2.15 bits per heavy atom. The van der Waals surface area contributed by atoms with E-state index >= 15 is 0 Å². The number of amides is 1. The van der Waals surface area contributed by atoms with Crippen molar-refractivity contribution >= 4 is 34.1 Å². The minimum Gasteiger partial charge on any atom is -0.300 e. The molecule has 0 aliphatic heterocycles. The van der Waals surface area contributed by atoms with Gasteiger partial charge in [-0.05, 0) is 30.7 Å². The average molecular weight is 307 g/mol. The van der Waals surface area contributed by atoms with Gasteiger partial charge in [-0.25, -0.2) is 0 Å². The molecule has 2 rings (SSSR count). The third-order valence-electron chi connectivity index (χ3n) is 2.78. The second-order valence-electron chi connectivity index (χ2n) is 4.46. The van der Waals surface area contributed by atoms with Crippen molar-refractivity contribution in [3.8, 4) is 0 Å². The lowest BCUT2D eigenvalue weighted by molar-refractivity contribution is -0.115. The molecule has 106 valence electrons. The molecule has 20 heavy (non-hydrogen) atoms. The summed E-state index contributed by atoms with van der Waals surface area (Å²) < 4.78 is 0.884. The molecule has 4 nitrogen and oxygen atoms in total. The molecular weight excluding hydrogens is 290 g/mol. The SMILES string of the molecule is CCSc1nnc(NC(=O)Cc2cc(C)ccc2C)s1. The topological polar surface area (TPSA) is 54.9 Å². The van der Waals surface area contributed by atoms with E-state index in [1.165, 1.54) is 11.3 Å². The van der Waals surface area contributed by atoms with Crippen molar-refractivity contribution in [1.29, 1.82) is 0 Å². The van der Waals surface area contributed by atoms with Crippen LogP contribution in [0.1, 0.15) is 23.6 Å². The Morgan fingerprint density at radius 3 is 2.90 bits per heavy atom. The van der Waals surface area contributed by atoms with Crippen LogP contribution >= 0.6 is 23.1 Å². The van der Waals surface area contributed by atoms with Crippen molar-refractivity contribution in [2.45, 2.75) is 31.5 Å². The molecule has 0 spiro atoms. The zero-order valence-electron chi connectivity index (χ0n) is 11.8. The van der Waals surface area contributed by atoms with Gasteiger partial charge in [-0.1, -0.05) is 53.8 Å². The molecule has 0 saturated carbocycles. The lowest BCUT2D eigenvalue weighted by atomic mass is 10.0. The highest BCUT2D eigenvalue weighted by molar-refractivity contribution is 8.01. The van der Waals surface area contributed by atoms with E-state index in [0.717, 1.165) is 26.8 Å². The maximum absolute atomic E-state index is 12.0. The standard InChI is InChI=1S/C14H17N3OS2/c1-4-19-14-17-16-13(20-14)15-12(18)8-11-7-9(2)5-6-10(11)3/h5-7H,4,8H2,1-3H3,(H,15,16,18). The number of hydrogen-bond acceptors (Lipinski definition) is 5. The summed E-state index contributed by atoms with van der Waals surface area (Å²) in [5, 5.41) is 11.4. The van der Waals surface area contributed by atoms with Crippen molar-refractivity contribution < 1.29 is 4.79 Å². The zero-order valence-corrected chi connectivity index (χ0v) is 13.4. The molecule has 0 aliphatic carbocycles. The van der Waals surface area contributed by atoms with Gasteiger partial charge in [0, 0.05) is 0 Å². The van der Waals surface area contributed by atoms with E-state index < -0.39 is 0 Å². The van der Waals surface area contributed by atoms with Crippen LogP contribution in [-0.4, -0.2) is 21.9 Å². The third-order valence-corrected chi connectivity index (χ3v) is 4.63. The van der Waals surface area contributed by atoms with E-state index in [1.807, 2.05) is 26.0 Å². The summed E-state index contributed by atoms with van der Waals surface area (Å²) in [7, 11) is 0. The zero-order chi connectivity index (χ0) is 14.5. The van der Waals surface area contributed by atoms with Crippen LogP contribution in [0.3, 0.4) is 0 Å². The van der Waals surface area contributed by atoms with Crippen LogP contribution in [0.4, 0.5) is 5.13 Å². The van der Waals surface area contributed by atoms with Gasteiger partial charge < -0.3 is 5.32 Å². The number of nitrogens with one attached hydrogen (secondary N) is 1. The quantitative estimate of drug-likeness (QED) is 0.679. The van der Waals surface area contributed by atoms with E-state index in [-0.39, 0.29) is 5.91 Å². The minimum absolute atomic E-state index is 0.0529. The Hall–Kier alpha value is -1.40. The average Bonchev–Trinajstić information content (AvgIpc) is 2.81. The third kappa shape index (κ3) is 4.05. The van der Waals surface area contributed by atoms with Crippen molar-refractivity contribution in [3.05, 3.63) is 34.9 Å². The molecule has 0 saturated heterocycles. The second kappa shape index (κ2) is 6.85. The lowest BCUT2D eigenvalue weighted by Gasteiger charge is -2.06. The molecule has 1 heterocycles. The molecule has 0 radical (unpaired) electrons. The highest BCUT2D eigenvalue weighted by Crippen LogP contribution is 2.25. The molecule has 0 fully saturated rings. The molecule has 0 bridgehead atoms. The number of carbonyl (C=O) groups is 1. The Morgan fingerprint density at radius 1 is 1.35 bits per heavy atom. The van der Waals surface area contributed by atoms with Gasteiger partial charge >= 0.3 is 0 Å². The molecule has 0 aliphatic rings. The number of hydrogen-bond donors (Lipinski definition) is 1. The first-order valence-corrected chi connectivity index (χ1v) is 8.21. The number of nitrogens with zero attached hydrogens (tertiary/aromatic N) is 2. The number of anilines is 1. The number of aromatic nitrogens is 2. The number of carbonyl (C=O) groups excluding carboxylic acids is 1. The van der Waals surface area contributed by atoms with Crippen LogP contribution in [-0.2, 0) is 11.2 Å². The Kier molecular flexibility index (Phi) is 5.14. The molecule has 1 N–H and O–H groups in total. The van der Waals surface area contributed by atoms with Gasteiger partial charge in [0.25, 0.3) is 0 Å². The lowest BCUT2D eigenvalue weighted by Crippen LogP contribution is -2.15. The smallest absolute Gasteiger partial charge is 0.230 e. The molecular formula is C14H17N3OS2. The first-order valence-electron chi connectivity index (χ1n) is 6.40. The van der Waals surface area contributed by atoms with E-state index in [0.29, 0.717) is 11.6 Å². The normalized spacial score (nSPS) is 10.6. The van der Waals surface area contributed by atoms with E-state index in [1.54, 1.807) is 11.8 Å². The minimum atomic E-state index is -0.0529. The van der Waals surface area contributed by atoms with Crippen LogP contribution in [0.25, 0.3) is 0 Å². The van der Waals surface area contributed by atoms with E-state index in [4.69, 9.17) is 0 Å². The number of rotatable bonds is 5. The van der Waals surface area contributed by atoms with Gasteiger partial charge in [-0.15, -0.1) is 10.2 Å². The van der Waals surface area contributed by atoms with Crippen molar-refractivity contribution in [2.24, 2.45) is 0 Å². The fourth-order valence-corrected chi connectivity index (χ4v) is 3.43. The van der Waals surface area contributed by atoms with Gasteiger partial charge in [0.15, 0.2) is 4.34 Å². The van der Waals surface area contributed by atoms with Crippen LogP contribution in [0.5, 0.6) is 0 Å². The van der Waals surface area contributed by atoms with E-state index in [9.17, 15) is 4.79 Å².